The summed E-state index contributed by atoms with van der Waals surface area (Å²) in [6.07, 6.45) is -0.0597. The Labute approximate surface area is 129 Å². The predicted octanol–water partition coefficient (Wildman–Crippen LogP) is -0.209. The van der Waals surface area contributed by atoms with Crippen LogP contribution in [0.25, 0.3) is 0 Å². The number of nitrogens with one attached hydrogen (secondary N) is 1. The molecule has 0 radical (unpaired) electrons. The molecule has 1 amide bonds. The number of carbonyl (C=O) groups excluding carboxylic acids is 1. The zero-order valence-electron chi connectivity index (χ0n) is 13.3. The highest BCUT2D eigenvalue weighted by Gasteiger charge is 2.34. The van der Waals surface area contributed by atoms with Crippen LogP contribution in [0.2, 0.25) is 0 Å². The molecule has 0 unspecified atom stereocenters. The molecular formula is C15H23N3O4. The van der Waals surface area contributed by atoms with Gasteiger partial charge in [-0.25, -0.2) is 4.98 Å². The molecule has 0 aliphatic carbocycles. The van der Waals surface area contributed by atoms with Crippen LogP contribution < -0.4 is 5.56 Å². The van der Waals surface area contributed by atoms with E-state index in [0.29, 0.717) is 36.7 Å². The largest absolute Gasteiger partial charge is 0.388 e. The van der Waals surface area contributed by atoms with Crippen LogP contribution in [0.4, 0.5) is 0 Å². The highest BCUT2D eigenvalue weighted by Crippen LogP contribution is 2.15. The van der Waals surface area contributed by atoms with Gasteiger partial charge < -0.3 is 19.7 Å². The Morgan fingerprint density at radius 3 is 2.68 bits per heavy atom. The number of amides is 1. The van der Waals surface area contributed by atoms with Crippen molar-refractivity contribution in [3.05, 3.63) is 27.4 Å². The topological polar surface area (TPSA) is 95.5 Å². The molecule has 2 atom stereocenters. The Kier molecular flexibility index (Phi) is 5.31. The van der Waals surface area contributed by atoms with Crippen LogP contribution in [0, 0.1) is 6.92 Å². The molecule has 7 nitrogen and oxygen atoms in total. The number of hydrogen-bond donors (Lipinski definition) is 2. The number of nitrogens with zero attached hydrogens (tertiary/aromatic N) is 2. The maximum absolute atomic E-state index is 12.5. The Bertz CT molecular complexity index is 599. The summed E-state index contributed by atoms with van der Waals surface area (Å²) in [5.41, 5.74) is 0.694. The lowest BCUT2D eigenvalue weighted by Gasteiger charge is -2.28. The van der Waals surface area contributed by atoms with Crippen molar-refractivity contribution in [2.24, 2.45) is 0 Å². The van der Waals surface area contributed by atoms with Crippen LogP contribution in [0.1, 0.15) is 30.9 Å². The number of H-pyrrole nitrogens is 1. The number of aryl methyl sites for hydroxylation is 2. The maximum atomic E-state index is 12.5. The van der Waals surface area contributed by atoms with Crippen molar-refractivity contribution in [2.75, 3.05) is 19.8 Å². The first kappa shape index (κ1) is 16.6. The van der Waals surface area contributed by atoms with Gasteiger partial charge in [-0.05, 0) is 13.8 Å². The average molecular weight is 309 g/mol. The monoisotopic (exact) mass is 309 g/mol. The van der Waals surface area contributed by atoms with Crippen LogP contribution >= 0.6 is 0 Å². The minimum Gasteiger partial charge on any atom is -0.388 e. The number of carbonyl (C=O) groups is 1. The fourth-order valence-electron chi connectivity index (χ4n) is 2.72. The van der Waals surface area contributed by atoms with E-state index in [4.69, 9.17) is 4.74 Å². The van der Waals surface area contributed by atoms with Crippen molar-refractivity contribution in [2.45, 2.75) is 45.8 Å². The number of aromatic amines is 1. The molecule has 2 N–H and O–H groups in total. The van der Waals surface area contributed by atoms with Crippen LogP contribution in [0.3, 0.4) is 0 Å². The second-order valence-electron chi connectivity index (χ2n) is 5.46. The minimum absolute atomic E-state index is 0.0186. The predicted molar refractivity (Wildman–Crippen MR) is 80.7 cm³/mol. The summed E-state index contributed by atoms with van der Waals surface area (Å²) in [7, 11) is 0. The van der Waals surface area contributed by atoms with Gasteiger partial charge in [-0.3, -0.25) is 9.59 Å². The number of hydrogen-bond acceptors (Lipinski definition) is 5. The van der Waals surface area contributed by atoms with Crippen LogP contribution in [0.5, 0.6) is 0 Å². The fraction of sp³-hybridized carbons (Fsp3) is 0.667. The molecule has 122 valence electrons. The number of aliphatic hydroxyl groups excluding tert-OH is 1. The van der Waals surface area contributed by atoms with Gasteiger partial charge in [0.05, 0.1) is 31.8 Å². The molecule has 7 heteroatoms. The summed E-state index contributed by atoms with van der Waals surface area (Å²) in [4.78, 5) is 33.2. The van der Waals surface area contributed by atoms with E-state index >= 15 is 0 Å². The van der Waals surface area contributed by atoms with Crippen LogP contribution in [0.15, 0.2) is 4.79 Å². The van der Waals surface area contributed by atoms with E-state index in [0.717, 1.165) is 0 Å². The van der Waals surface area contributed by atoms with Gasteiger partial charge in [-0.2, -0.15) is 0 Å². The molecule has 1 aromatic rings. The van der Waals surface area contributed by atoms with Gasteiger partial charge in [-0.15, -0.1) is 0 Å². The molecule has 2 heterocycles. The third-order valence-electron chi connectivity index (χ3n) is 4.02. The molecule has 0 spiro atoms. The van der Waals surface area contributed by atoms with E-state index in [2.05, 4.69) is 9.97 Å². The summed E-state index contributed by atoms with van der Waals surface area (Å²) in [6, 6.07) is -0.347. The highest BCUT2D eigenvalue weighted by molar-refractivity contribution is 5.79. The molecule has 22 heavy (non-hydrogen) atoms. The fourth-order valence-corrected chi connectivity index (χ4v) is 2.72. The SMILES string of the molecule is CCc1nc(C)c(CC(=O)N(CC)[C@H]2COC[C@@H]2O)c(=O)[nH]1. The van der Waals surface area contributed by atoms with Crippen LogP contribution in [-0.4, -0.2) is 57.8 Å². The van der Waals surface area contributed by atoms with Gasteiger partial charge in [0.1, 0.15) is 5.82 Å². The Morgan fingerprint density at radius 2 is 2.18 bits per heavy atom. The van der Waals surface area contributed by atoms with Gasteiger partial charge in [0.25, 0.3) is 5.56 Å². The van der Waals surface area contributed by atoms with E-state index in [9.17, 15) is 14.7 Å². The molecule has 1 fully saturated rings. The van der Waals surface area contributed by atoms with Crippen molar-refractivity contribution < 1.29 is 14.6 Å². The summed E-state index contributed by atoms with van der Waals surface area (Å²) in [6.45, 7) is 6.51. The van der Waals surface area contributed by atoms with Crippen molar-refractivity contribution >= 4 is 5.91 Å². The van der Waals surface area contributed by atoms with E-state index in [1.165, 1.54) is 0 Å². The zero-order chi connectivity index (χ0) is 16.3. The van der Waals surface area contributed by atoms with E-state index < -0.39 is 6.10 Å². The molecule has 1 aromatic heterocycles. The van der Waals surface area contributed by atoms with Crippen molar-refractivity contribution in [3.8, 4) is 0 Å². The van der Waals surface area contributed by atoms with Gasteiger partial charge in [0.2, 0.25) is 5.91 Å². The Balaban J connectivity index is 2.19. The first-order chi connectivity index (χ1) is 10.5. The quantitative estimate of drug-likeness (QED) is 0.785. The van der Waals surface area contributed by atoms with E-state index in [-0.39, 0.29) is 30.5 Å². The number of rotatable bonds is 5. The number of likely N-dealkylation sites (N-methyl/N-ethyl adjacent to an activating group) is 1. The Morgan fingerprint density at radius 1 is 1.45 bits per heavy atom. The summed E-state index contributed by atoms with van der Waals surface area (Å²) in [5, 5.41) is 9.88. The number of aromatic nitrogens is 2. The molecule has 0 saturated carbocycles. The van der Waals surface area contributed by atoms with Crippen molar-refractivity contribution in [1.29, 1.82) is 0 Å². The second kappa shape index (κ2) is 7.02. The third kappa shape index (κ3) is 3.36. The smallest absolute Gasteiger partial charge is 0.254 e. The maximum Gasteiger partial charge on any atom is 0.254 e. The number of aliphatic hydroxyl groups is 1. The summed E-state index contributed by atoms with van der Waals surface area (Å²) >= 11 is 0. The molecule has 2 rings (SSSR count). The zero-order valence-corrected chi connectivity index (χ0v) is 13.3. The van der Waals surface area contributed by atoms with Crippen molar-refractivity contribution in [1.82, 2.24) is 14.9 Å². The molecule has 1 saturated heterocycles. The Hall–Kier alpha value is -1.73. The first-order valence-electron chi connectivity index (χ1n) is 7.61. The molecular weight excluding hydrogens is 286 g/mol. The van der Waals surface area contributed by atoms with Crippen molar-refractivity contribution in [3.63, 3.8) is 0 Å². The van der Waals surface area contributed by atoms with Crippen LogP contribution in [-0.2, 0) is 22.4 Å². The van der Waals surface area contributed by atoms with Gasteiger partial charge in [0, 0.05) is 24.2 Å². The lowest BCUT2D eigenvalue weighted by atomic mass is 10.1. The van der Waals surface area contributed by atoms with Gasteiger partial charge in [0.15, 0.2) is 0 Å². The lowest BCUT2D eigenvalue weighted by Crippen LogP contribution is -2.47. The molecule has 0 bridgehead atoms. The average Bonchev–Trinajstić information content (AvgIpc) is 2.89. The minimum atomic E-state index is -0.677. The van der Waals surface area contributed by atoms with Gasteiger partial charge in [-0.1, -0.05) is 6.92 Å². The number of ether oxygens (including phenoxy) is 1. The molecule has 1 aliphatic rings. The third-order valence-corrected chi connectivity index (χ3v) is 4.02. The molecule has 0 aromatic carbocycles. The van der Waals surface area contributed by atoms with Gasteiger partial charge >= 0.3 is 0 Å². The normalized spacial score (nSPS) is 21.1. The summed E-state index contributed by atoms with van der Waals surface area (Å²) < 4.78 is 5.21. The van der Waals surface area contributed by atoms with E-state index in [1.54, 1.807) is 11.8 Å². The summed E-state index contributed by atoms with van der Waals surface area (Å²) in [5.74, 6) is 0.419. The lowest BCUT2D eigenvalue weighted by molar-refractivity contribution is -0.134. The standard InChI is InChI=1S/C15H23N3O4/c1-4-13-16-9(3)10(15(21)17-13)6-14(20)18(5-2)11-7-22-8-12(11)19/h11-12,19H,4-8H2,1-3H3,(H,16,17,21)/t11-,12-/m0/s1. The first-order valence-corrected chi connectivity index (χ1v) is 7.61. The highest BCUT2D eigenvalue weighted by atomic mass is 16.5. The molecule has 1 aliphatic heterocycles. The van der Waals surface area contributed by atoms with E-state index in [1.807, 2.05) is 13.8 Å². The second-order valence-corrected chi connectivity index (χ2v) is 5.46.